The normalized spacial score (nSPS) is 18.0. The predicted octanol–water partition coefficient (Wildman–Crippen LogP) is 2.08. The number of aliphatic hydroxyl groups excluding tert-OH is 1. The van der Waals surface area contributed by atoms with Gasteiger partial charge in [-0.15, -0.1) is 0 Å². The van der Waals surface area contributed by atoms with Crippen molar-refractivity contribution in [3.63, 3.8) is 0 Å². The Kier molecular flexibility index (Phi) is 3.85. The molecule has 18 heavy (non-hydrogen) atoms. The summed E-state index contributed by atoms with van der Waals surface area (Å²) in [6.07, 6.45) is 6.33. The second kappa shape index (κ2) is 5.22. The van der Waals surface area contributed by atoms with Crippen LogP contribution in [0.15, 0.2) is 6.33 Å². The summed E-state index contributed by atoms with van der Waals surface area (Å²) < 4.78 is 0. The molecule has 0 bridgehead atoms. The molecule has 2 rings (SSSR count). The molecule has 0 atom stereocenters. The van der Waals surface area contributed by atoms with Crippen molar-refractivity contribution in [2.24, 2.45) is 5.41 Å². The largest absolute Gasteiger partial charge is 0.396 e. The summed E-state index contributed by atoms with van der Waals surface area (Å²) in [5.74, 6) is 0.988. The predicted molar refractivity (Wildman–Crippen MR) is 72.8 cm³/mol. The van der Waals surface area contributed by atoms with Gasteiger partial charge in [-0.1, -0.05) is 12.8 Å². The van der Waals surface area contributed by atoms with E-state index in [9.17, 15) is 5.11 Å². The fourth-order valence-electron chi connectivity index (χ4n) is 2.98. The van der Waals surface area contributed by atoms with E-state index in [1.165, 1.54) is 12.8 Å². The first-order chi connectivity index (χ1) is 8.58. The van der Waals surface area contributed by atoms with Crippen molar-refractivity contribution >= 4 is 5.82 Å². The number of aliphatic hydroxyl groups is 1. The molecule has 1 heterocycles. The molecule has 4 heteroatoms. The molecule has 1 aromatic rings. The minimum absolute atomic E-state index is 0.0695. The smallest absolute Gasteiger partial charge is 0.134 e. The van der Waals surface area contributed by atoms with Crippen LogP contribution in [0.5, 0.6) is 0 Å². The minimum Gasteiger partial charge on any atom is -0.396 e. The highest BCUT2D eigenvalue weighted by Gasteiger charge is 2.34. The fourth-order valence-corrected chi connectivity index (χ4v) is 2.98. The first-order valence-corrected chi connectivity index (χ1v) is 6.68. The van der Waals surface area contributed by atoms with E-state index < -0.39 is 0 Å². The van der Waals surface area contributed by atoms with Crippen LogP contribution in [0.4, 0.5) is 5.82 Å². The molecule has 1 aromatic heterocycles. The van der Waals surface area contributed by atoms with Crippen LogP contribution in [0, 0.1) is 19.3 Å². The second-order valence-electron chi connectivity index (χ2n) is 5.63. The first-order valence-electron chi connectivity index (χ1n) is 6.68. The maximum atomic E-state index is 9.68. The third-order valence-corrected chi connectivity index (χ3v) is 4.24. The van der Waals surface area contributed by atoms with Crippen molar-refractivity contribution in [1.29, 1.82) is 0 Å². The van der Waals surface area contributed by atoms with E-state index in [1.54, 1.807) is 6.33 Å². The van der Waals surface area contributed by atoms with E-state index in [-0.39, 0.29) is 12.0 Å². The van der Waals surface area contributed by atoms with E-state index >= 15 is 0 Å². The van der Waals surface area contributed by atoms with E-state index in [0.29, 0.717) is 0 Å². The van der Waals surface area contributed by atoms with Gasteiger partial charge in [-0.2, -0.15) is 0 Å². The highest BCUT2D eigenvalue weighted by Crippen LogP contribution is 2.38. The van der Waals surface area contributed by atoms with Gasteiger partial charge < -0.3 is 10.0 Å². The lowest BCUT2D eigenvalue weighted by Gasteiger charge is -2.33. The van der Waals surface area contributed by atoms with E-state index in [0.717, 1.165) is 36.5 Å². The highest BCUT2D eigenvalue weighted by molar-refractivity contribution is 5.46. The van der Waals surface area contributed by atoms with Gasteiger partial charge in [0.25, 0.3) is 0 Å². The molecule has 0 radical (unpaired) electrons. The molecular weight excluding hydrogens is 226 g/mol. The van der Waals surface area contributed by atoms with Crippen molar-refractivity contribution in [3.05, 3.63) is 17.6 Å². The Hall–Kier alpha value is -1.16. The van der Waals surface area contributed by atoms with Crippen LogP contribution in [-0.4, -0.2) is 35.3 Å². The van der Waals surface area contributed by atoms with Crippen molar-refractivity contribution in [1.82, 2.24) is 9.97 Å². The monoisotopic (exact) mass is 249 g/mol. The van der Waals surface area contributed by atoms with Crippen molar-refractivity contribution in [2.75, 3.05) is 25.1 Å². The van der Waals surface area contributed by atoms with Crippen LogP contribution in [0.3, 0.4) is 0 Å². The van der Waals surface area contributed by atoms with Crippen LogP contribution in [-0.2, 0) is 0 Å². The molecule has 4 nitrogen and oxygen atoms in total. The average Bonchev–Trinajstić information content (AvgIpc) is 2.81. The van der Waals surface area contributed by atoms with Gasteiger partial charge in [-0.25, -0.2) is 9.97 Å². The Labute approximate surface area is 109 Å². The van der Waals surface area contributed by atoms with Crippen molar-refractivity contribution in [3.8, 4) is 0 Å². The first kappa shape index (κ1) is 13.3. The zero-order valence-electron chi connectivity index (χ0n) is 11.6. The topological polar surface area (TPSA) is 49.2 Å². The SMILES string of the molecule is Cc1ncnc(N(C)CC2(CO)CCCC2)c1C. The zero-order valence-corrected chi connectivity index (χ0v) is 11.6. The van der Waals surface area contributed by atoms with E-state index in [2.05, 4.69) is 28.8 Å². The molecule has 0 amide bonds. The summed E-state index contributed by atoms with van der Waals surface area (Å²) in [6.45, 7) is 5.22. The number of rotatable bonds is 4. The number of hydrogen-bond acceptors (Lipinski definition) is 4. The van der Waals surface area contributed by atoms with Crippen LogP contribution in [0.25, 0.3) is 0 Å². The molecule has 100 valence electrons. The van der Waals surface area contributed by atoms with Crippen LogP contribution in [0.2, 0.25) is 0 Å². The van der Waals surface area contributed by atoms with Gasteiger partial charge >= 0.3 is 0 Å². The van der Waals surface area contributed by atoms with Crippen molar-refractivity contribution < 1.29 is 5.11 Å². The highest BCUT2D eigenvalue weighted by atomic mass is 16.3. The molecular formula is C14H23N3O. The third-order valence-electron chi connectivity index (χ3n) is 4.24. The molecule has 0 unspecified atom stereocenters. The van der Waals surface area contributed by atoms with Gasteiger partial charge in [0.15, 0.2) is 0 Å². The number of nitrogens with zero attached hydrogens (tertiary/aromatic N) is 3. The molecule has 1 fully saturated rings. The van der Waals surface area contributed by atoms with Gasteiger partial charge in [0.2, 0.25) is 0 Å². The van der Waals surface area contributed by atoms with Gasteiger partial charge in [0.1, 0.15) is 12.1 Å². The molecule has 1 aliphatic carbocycles. The van der Waals surface area contributed by atoms with Crippen molar-refractivity contribution in [2.45, 2.75) is 39.5 Å². The molecule has 1 aliphatic rings. The molecule has 0 aliphatic heterocycles. The Bertz CT molecular complexity index is 414. The summed E-state index contributed by atoms with van der Waals surface area (Å²) in [5, 5.41) is 9.68. The molecule has 0 saturated heterocycles. The second-order valence-corrected chi connectivity index (χ2v) is 5.63. The lowest BCUT2D eigenvalue weighted by atomic mass is 9.86. The summed E-state index contributed by atoms with van der Waals surface area (Å²) in [7, 11) is 2.06. The lowest BCUT2D eigenvalue weighted by molar-refractivity contribution is 0.136. The van der Waals surface area contributed by atoms with E-state index in [1.807, 2.05) is 6.92 Å². The number of aromatic nitrogens is 2. The molecule has 0 aromatic carbocycles. The number of aryl methyl sites for hydroxylation is 1. The Balaban J connectivity index is 2.16. The van der Waals surface area contributed by atoms with Crippen LogP contribution in [0.1, 0.15) is 36.9 Å². The summed E-state index contributed by atoms with van der Waals surface area (Å²) in [6, 6.07) is 0. The van der Waals surface area contributed by atoms with Crippen LogP contribution >= 0.6 is 0 Å². The quantitative estimate of drug-likeness (QED) is 0.887. The Morgan fingerprint density at radius 1 is 1.28 bits per heavy atom. The molecule has 1 N–H and O–H groups in total. The minimum atomic E-state index is 0.0695. The lowest BCUT2D eigenvalue weighted by Crippen LogP contribution is -2.37. The average molecular weight is 249 g/mol. The number of hydrogen-bond donors (Lipinski definition) is 1. The Morgan fingerprint density at radius 3 is 2.56 bits per heavy atom. The molecule has 0 spiro atoms. The summed E-state index contributed by atoms with van der Waals surface area (Å²) >= 11 is 0. The van der Waals surface area contributed by atoms with Crippen LogP contribution < -0.4 is 4.90 Å². The Morgan fingerprint density at radius 2 is 1.94 bits per heavy atom. The standard InChI is InChI=1S/C14H23N3O/c1-11-12(2)15-10-16-13(11)17(3)8-14(9-18)6-4-5-7-14/h10,18H,4-9H2,1-3H3. The summed E-state index contributed by atoms with van der Waals surface area (Å²) in [4.78, 5) is 10.8. The van der Waals surface area contributed by atoms with E-state index in [4.69, 9.17) is 0 Å². The molecule has 1 saturated carbocycles. The maximum absolute atomic E-state index is 9.68. The third kappa shape index (κ3) is 2.48. The van der Waals surface area contributed by atoms with Gasteiger partial charge in [0.05, 0.1) is 6.61 Å². The van der Waals surface area contributed by atoms with Gasteiger partial charge in [-0.05, 0) is 26.7 Å². The fraction of sp³-hybridized carbons (Fsp3) is 0.714. The zero-order chi connectivity index (χ0) is 13.2. The van der Waals surface area contributed by atoms with Gasteiger partial charge in [0, 0.05) is 30.3 Å². The summed E-state index contributed by atoms with van der Waals surface area (Å²) in [5.41, 5.74) is 2.22. The van der Waals surface area contributed by atoms with Gasteiger partial charge in [-0.3, -0.25) is 0 Å². The maximum Gasteiger partial charge on any atom is 0.134 e. The number of anilines is 1.